The number of nitrogens with zero attached hydrogens (tertiary/aromatic N) is 1. The van der Waals surface area contributed by atoms with E-state index >= 15 is 0 Å². The lowest BCUT2D eigenvalue weighted by molar-refractivity contribution is -0.385. The Balaban J connectivity index is 2.07. The Morgan fingerprint density at radius 2 is 2.17 bits per heavy atom. The SMILES string of the molecule is CNC1CCCCC1Oc1cccc([N+](=O)[O-])c1. The maximum absolute atomic E-state index is 10.7. The monoisotopic (exact) mass is 250 g/mol. The van der Waals surface area contributed by atoms with Gasteiger partial charge in [0.05, 0.1) is 11.0 Å². The average Bonchev–Trinajstić information content (AvgIpc) is 2.39. The topological polar surface area (TPSA) is 64.4 Å². The number of nitrogens with one attached hydrogen (secondary N) is 1. The van der Waals surface area contributed by atoms with E-state index in [1.54, 1.807) is 12.1 Å². The Hall–Kier alpha value is -1.62. The second kappa shape index (κ2) is 5.82. The van der Waals surface area contributed by atoms with Gasteiger partial charge in [0.2, 0.25) is 0 Å². The number of nitro groups is 1. The molecule has 0 saturated heterocycles. The van der Waals surface area contributed by atoms with Gasteiger partial charge in [0, 0.05) is 12.1 Å². The Morgan fingerprint density at radius 3 is 2.89 bits per heavy atom. The highest BCUT2D eigenvalue weighted by atomic mass is 16.6. The van der Waals surface area contributed by atoms with Crippen LogP contribution in [0.25, 0.3) is 0 Å². The van der Waals surface area contributed by atoms with E-state index < -0.39 is 4.92 Å². The molecule has 1 aromatic carbocycles. The normalized spacial score (nSPS) is 23.6. The maximum atomic E-state index is 10.7. The third kappa shape index (κ3) is 2.98. The lowest BCUT2D eigenvalue weighted by atomic mass is 9.92. The predicted molar refractivity (Wildman–Crippen MR) is 68.8 cm³/mol. The molecule has 1 N–H and O–H groups in total. The summed E-state index contributed by atoms with van der Waals surface area (Å²) in [5.74, 6) is 0.580. The van der Waals surface area contributed by atoms with Gasteiger partial charge in [0.15, 0.2) is 0 Å². The van der Waals surface area contributed by atoms with Crippen LogP contribution in [0, 0.1) is 10.1 Å². The van der Waals surface area contributed by atoms with Crippen LogP contribution in [0.5, 0.6) is 5.75 Å². The zero-order valence-electron chi connectivity index (χ0n) is 10.5. The fourth-order valence-corrected chi connectivity index (χ4v) is 2.41. The van der Waals surface area contributed by atoms with Crippen molar-refractivity contribution in [1.29, 1.82) is 0 Å². The van der Waals surface area contributed by atoms with Gasteiger partial charge in [-0.15, -0.1) is 0 Å². The first-order valence-corrected chi connectivity index (χ1v) is 6.29. The lowest BCUT2D eigenvalue weighted by Crippen LogP contribution is -2.43. The van der Waals surface area contributed by atoms with Crippen molar-refractivity contribution in [2.24, 2.45) is 0 Å². The first-order valence-electron chi connectivity index (χ1n) is 6.29. The summed E-state index contributed by atoms with van der Waals surface area (Å²) in [6.45, 7) is 0. The van der Waals surface area contributed by atoms with Gasteiger partial charge in [-0.3, -0.25) is 10.1 Å². The number of non-ortho nitro benzene ring substituents is 1. The first-order chi connectivity index (χ1) is 8.70. The molecule has 18 heavy (non-hydrogen) atoms. The van der Waals surface area contributed by atoms with E-state index in [2.05, 4.69) is 5.32 Å². The molecular formula is C13H18N2O3. The summed E-state index contributed by atoms with van der Waals surface area (Å²) in [6.07, 6.45) is 4.55. The van der Waals surface area contributed by atoms with Crippen LogP contribution in [-0.2, 0) is 0 Å². The third-order valence-electron chi connectivity index (χ3n) is 3.39. The van der Waals surface area contributed by atoms with Crippen LogP contribution >= 0.6 is 0 Å². The minimum absolute atomic E-state index is 0.0734. The van der Waals surface area contributed by atoms with Crippen LogP contribution in [0.4, 0.5) is 5.69 Å². The van der Waals surface area contributed by atoms with Crippen LogP contribution in [0.1, 0.15) is 25.7 Å². The molecule has 0 aromatic heterocycles. The molecule has 0 radical (unpaired) electrons. The summed E-state index contributed by atoms with van der Waals surface area (Å²) in [5, 5.41) is 14.0. The molecule has 0 amide bonds. The molecule has 1 saturated carbocycles. The average molecular weight is 250 g/mol. The van der Waals surface area contributed by atoms with Crippen molar-refractivity contribution >= 4 is 5.69 Å². The molecule has 1 aliphatic carbocycles. The Kier molecular flexibility index (Phi) is 4.15. The standard InChI is InChI=1S/C13H18N2O3/c1-14-12-7-2-3-8-13(12)18-11-6-4-5-10(9-11)15(16)17/h4-6,9,12-14H,2-3,7-8H2,1H3. The number of hydrogen-bond acceptors (Lipinski definition) is 4. The van der Waals surface area contributed by atoms with E-state index in [0.29, 0.717) is 11.8 Å². The second-order valence-corrected chi connectivity index (χ2v) is 4.59. The molecule has 1 aromatic rings. The number of ether oxygens (including phenoxy) is 1. The van der Waals surface area contributed by atoms with Gasteiger partial charge in [0.25, 0.3) is 5.69 Å². The van der Waals surface area contributed by atoms with Crippen molar-refractivity contribution in [3.05, 3.63) is 34.4 Å². The van der Waals surface area contributed by atoms with Gasteiger partial charge in [-0.1, -0.05) is 12.5 Å². The second-order valence-electron chi connectivity index (χ2n) is 4.59. The van der Waals surface area contributed by atoms with Gasteiger partial charge in [0.1, 0.15) is 11.9 Å². The maximum Gasteiger partial charge on any atom is 0.273 e. The zero-order chi connectivity index (χ0) is 13.0. The van der Waals surface area contributed by atoms with E-state index in [1.807, 2.05) is 7.05 Å². The highest BCUT2D eigenvalue weighted by Gasteiger charge is 2.25. The fourth-order valence-electron chi connectivity index (χ4n) is 2.41. The Bertz CT molecular complexity index is 422. The molecule has 1 aliphatic rings. The van der Waals surface area contributed by atoms with E-state index in [9.17, 15) is 10.1 Å². The minimum Gasteiger partial charge on any atom is -0.489 e. The summed E-state index contributed by atoms with van der Waals surface area (Å²) >= 11 is 0. The highest BCUT2D eigenvalue weighted by Crippen LogP contribution is 2.26. The molecule has 2 rings (SSSR count). The van der Waals surface area contributed by atoms with Crippen LogP contribution in [-0.4, -0.2) is 24.1 Å². The van der Waals surface area contributed by atoms with Crippen LogP contribution < -0.4 is 10.1 Å². The molecule has 5 heteroatoms. The van der Waals surface area contributed by atoms with Crippen molar-refractivity contribution in [1.82, 2.24) is 5.32 Å². The molecule has 0 aliphatic heterocycles. The van der Waals surface area contributed by atoms with Gasteiger partial charge in [-0.2, -0.15) is 0 Å². The molecule has 1 fully saturated rings. The zero-order valence-corrected chi connectivity index (χ0v) is 10.5. The van der Waals surface area contributed by atoms with Crippen LogP contribution in [0.2, 0.25) is 0 Å². The van der Waals surface area contributed by atoms with Crippen molar-refractivity contribution in [3.8, 4) is 5.75 Å². The Morgan fingerprint density at radius 1 is 1.39 bits per heavy atom. The smallest absolute Gasteiger partial charge is 0.273 e. The van der Waals surface area contributed by atoms with E-state index in [4.69, 9.17) is 4.74 Å². The summed E-state index contributed by atoms with van der Waals surface area (Å²) in [6, 6.07) is 6.72. The number of rotatable bonds is 4. The van der Waals surface area contributed by atoms with E-state index in [0.717, 1.165) is 19.3 Å². The number of likely N-dealkylation sites (N-methyl/N-ethyl adjacent to an activating group) is 1. The Labute approximate surface area is 106 Å². The van der Waals surface area contributed by atoms with Crippen molar-refractivity contribution in [2.75, 3.05) is 7.05 Å². The van der Waals surface area contributed by atoms with Crippen LogP contribution in [0.3, 0.4) is 0 Å². The highest BCUT2D eigenvalue weighted by molar-refractivity contribution is 5.38. The van der Waals surface area contributed by atoms with Gasteiger partial charge in [-0.05, 0) is 32.4 Å². The van der Waals surface area contributed by atoms with Crippen LogP contribution in [0.15, 0.2) is 24.3 Å². The first kappa shape index (κ1) is 12.8. The van der Waals surface area contributed by atoms with Gasteiger partial charge >= 0.3 is 0 Å². The molecule has 2 atom stereocenters. The molecule has 2 unspecified atom stereocenters. The minimum atomic E-state index is -0.400. The molecule has 5 nitrogen and oxygen atoms in total. The summed E-state index contributed by atoms with van der Waals surface area (Å²) in [5.41, 5.74) is 0.0734. The predicted octanol–water partition coefficient (Wildman–Crippen LogP) is 2.50. The number of nitro benzene ring substituents is 1. The molecule has 0 bridgehead atoms. The lowest BCUT2D eigenvalue weighted by Gasteiger charge is -2.31. The van der Waals surface area contributed by atoms with Crippen molar-refractivity contribution in [2.45, 2.75) is 37.8 Å². The van der Waals surface area contributed by atoms with Crippen molar-refractivity contribution in [3.63, 3.8) is 0 Å². The molecule has 0 spiro atoms. The van der Waals surface area contributed by atoms with E-state index in [-0.39, 0.29) is 11.8 Å². The summed E-state index contributed by atoms with van der Waals surface area (Å²) in [7, 11) is 1.93. The largest absolute Gasteiger partial charge is 0.489 e. The fraction of sp³-hybridized carbons (Fsp3) is 0.538. The molecule has 0 heterocycles. The van der Waals surface area contributed by atoms with Crippen molar-refractivity contribution < 1.29 is 9.66 Å². The van der Waals surface area contributed by atoms with E-state index in [1.165, 1.54) is 18.6 Å². The third-order valence-corrected chi connectivity index (χ3v) is 3.39. The molecule has 98 valence electrons. The summed E-state index contributed by atoms with van der Waals surface area (Å²) < 4.78 is 5.88. The number of hydrogen-bond donors (Lipinski definition) is 1. The molecular weight excluding hydrogens is 232 g/mol. The van der Waals surface area contributed by atoms with Gasteiger partial charge in [-0.25, -0.2) is 0 Å². The number of benzene rings is 1. The van der Waals surface area contributed by atoms with Gasteiger partial charge < -0.3 is 10.1 Å². The quantitative estimate of drug-likeness (QED) is 0.658. The summed E-state index contributed by atoms with van der Waals surface area (Å²) in [4.78, 5) is 10.3.